The van der Waals surface area contributed by atoms with Crippen molar-refractivity contribution in [3.05, 3.63) is 0 Å². The highest BCUT2D eigenvalue weighted by Crippen LogP contribution is 2.08. The molecule has 0 saturated carbocycles. The summed E-state index contributed by atoms with van der Waals surface area (Å²) in [4.78, 5) is 15.8. The highest BCUT2D eigenvalue weighted by Gasteiger charge is 2.01. The predicted molar refractivity (Wildman–Crippen MR) is 62.4 cm³/mol. The Hall–Kier alpha value is -0.570. The van der Waals surface area contributed by atoms with Crippen LogP contribution < -0.4 is 5.48 Å². The van der Waals surface area contributed by atoms with Gasteiger partial charge >= 0.3 is 5.97 Å². The van der Waals surface area contributed by atoms with Crippen LogP contribution in [0.15, 0.2) is 0 Å². The normalized spacial score (nSPS) is 10.3. The fourth-order valence-corrected chi connectivity index (χ4v) is 1.43. The lowest BCUT2D eigenvalue weighted by atomic mass is 10.1. The molecule has 0 rings (SSSR count). The van der Waals surface area contributed by atoms with Crippen LogP contribution in [0.1, 0.15) is 65.2 Å². The van der Waals surface area contributed by atoms with Crippen LogP contribution in [0.4, 0.5) is 0 Å². The number of hydrogen-bond donors (Lipinski definition) is 1. The molecule has 0 aromatic rings. The third kappa shape index (κ3) is 11.4. The van der Waals surface area contributed by atoms with Gasteiger partial charge in [0, 0.05) is 13.0 Å². The maximum atomic E-state index is 11.1. The Morgan fingerprint density at radius 3 is 2.20 bits per heavy atom. The number of unbranched alkanes of at least 4 members (excludes halogenated alkanes) is 6. The van der Waals surface area contributed by atoms with Gasteiger partial charge in [0.05, 0.1) is 0 Å². The summed E-state index contributed by atoms with van der Waals surface area (Å²) in [6.45, 7) is 4.79. The quantitative estimate of drug-likeness (QED) is 0.449. The van der Waals surface area contributed by atoms with Crippen LogP contribution >= 0.6 is 0 Å². The van der Waals surface area contributed by atoms with E-state index in [0.717, 1.165) is 12.8 Å². The van der Waals surface area contributed by atoms with Crippen molar-refractivity contribution in [3.8, 4) is 0 Å². The van der Waals surface area contributed by atoms with Crippen molar-refractivity contribution in [1.29, 1.82) is 0 Å². The lowest BCUT2D eigenvalue weighted by molar-refractivity contribution is -0.151. The first-order valence-electron chi connectivity index (χ1n) is 6.23. The van der Waals surface area contributed by atoms with Crippen molar-refractivity contribution in [1.82, 2.24) is 5.48 Å². The average molecular weight is 215 g/mol. The Morgan fingerprint density at radius 2 is 1.60 bits per heavy atom. The molecule has 0 spiro atoms. The van der Waals surface area contributed by atoms with E-state index in [9.17, 15) is 4.79 Å². The molecular formula is C12H25NO2. The van der Waals surface area contributed by atoms with Gasteiger partial charge in [0.25, 0.3) is 0 Å². The van der Waals surface area contributed by atoms with Gasteiger partial charge in [0.2, 0.25) is 0 Å². The molecule has 3 heteroatoms. The number of hydrogen-bond acceptors (Lipinski definition) is 3. The lowest BCUT2D eigenvalue weighted by Gasteiger charge is -2.03. The van der Waals surface area contributed by atoms with Crippen molar-refractivity contribution in [2.24, 2.45) is 0 Å². The van der Waals surface area contributed by atoms with E-state index >= 15 is 0 Å². The zero-order valence-electron chi connectivity index (χ0n) is 10.2. The van der Waals surface area contributed by atoms with E-state index in [1.165, 1.54) is 32.1 Å². The van der Waals surface area contributed by atoms with E-state index in [0.29, 0.717) is 13.0 Å². The maximum Gasteiger partial charge on any atom is 0.324 e. The summed E-state index contributed by atoms with van der Waals surface area (Å²) in [5.74, 6) is -0.134. The first-order chi connectivity index (χ1) is 7.31. The molecule has 0 heterocycles. The van der Waals surface area contributed by atoms with Gasteiger partial charge < -0.3 is 4.84 Å². The number of nitrogens with one attached hydrogen (secondary N) is 1. The number of carbonyl (C=O) groups is 1. The molecule has 0 saturated heterocycles. The van der Waals surface area contributed by atoms with Crippen LogP contribution in [0.2, 0.25) is 0 Å². The molecule has 3 nitrogen and oxygen atoms in total. The first kappa shape index (κ1) is 14.4. The third-order valence-corrected chi connectivity index (χ3v) is 2.31. The van der Waals surface area contributed by atoms with Gasteiger partial charge in [0.1, 0.15) is 0 Å². The Labute approximate surface area is 93.5 Å². The fourth-order valence-electron chi connectivity index (χ4n) is 1.43. The number of hydroxylamine groups is 1. The molecule has 0 aliphatic carbocycles. The molecule has 1 N–H and O–H groups in total. The Balaban J connectivity index is 3.06. The smallest absolute Gasteiger partial charge is 0.324 e. The van der Waals surface area contributed by atoms with Gasteiger partial charge in [0.15, 0.2) is 0 Å². The molecule has 0 aliphatic heterocycles. The molecule has 0 fully saturated rings. The molecule has 15 heavy (non-hydrogen) atoms. The predicted octanol–water partition coefficient (Wildman–Crippen LogP) is 3.19. The van der Waals surface area contributed by atoms with Gasteiger partial charge in [-0.1, -0.05) is 45.4 Å². The zero-order chi connectivity index (χ0) is 11.4. The number of rotatable bonds is 10. The van der Waals surface area contributed by atoms with E-state index in [-0.39, 0.29) is 5.97 Å². The van der Waals surface area contributed by atoms with Crippen LogP contribution in [-0.4, -0.2) is 12.5 Å². The molecule has 0 bridgehead atoms. The van der Waals surface area contributed by atoms with Crippen LogP contribution in [-0.2, 0) is 9.63 Å². The minimum atomic E-state index is -0.134. The third-order valence-electron chi connectivity index (χ3n) is 2.31. The fraction of sp³-hybridized carbons (Fsp3) is 0.917. The van der Waals surface area contributed by atoms with Gasteiger partial charge in [-0.05, 0) is 13.3 Å². The molecule has 0 atom stereocenters. The standard InChI is InChI=1S/C12H25NO2/c1-3-5-6-7-8-9-10-11-12(14)15-13-4-2/h13H,3-11H2,1-2H3. The summed E-state index contributed by atoms with van der Waals surface area (Å²) in [5, 5.41) is 0. The van der Waals surface area contributed by atoms with Crippen molar-refractivity contribution in [3.63, 3.8) is 0 Å². The first-order valence-corrected chi connectivity index (χ1v) is 6.23. The summed E-state index contributed by atoms with van der Waals surface area (Å²) in [6.07, 6.45) is 9.14. The zero-order valence-corrected chi connectivity index (χ0v) is 10.2. The second kappa shape index (κ2) is 11.5. The number of carbonyl (C=O) groups excluding carboxylic acids is 1. The van der Waals surface area contributed by atoms with Crippen LogP contribution in [0, 0.1) is 0 Å². The highest BCUT2D eigenvalue weighted by molar-refractivity contribution is 5.68. The van der Waals surface area contributed by atoms with E-state index < -0.39 is 0 Å². The summed E-state index contributed by atoms with van der Waals surface area (Å²) in [7, 11) is 0. The van der Waals surface area contributed by atoms with Gasteiger partial charge in [-0.2, -0.15) is 5.48 Å². The maximum absolute atomic E-state index is 11.1. The molecule has 0 aromatic carbocycles. The van der Waals surface area contributed by atoms with Crippen LogP contribution in [0.5, 0.6) is 0 Å². The van der Waals surface area contributed by atoms with Crippen LogP contribution in [0.25, 0.3) is 0 Å². The van der Waals surface area contributed by atoms with Gasteiger partial charge in [-0.25, -0.2) is 0 Å². The molecule has 0 radical (unpaired) electrons. The van der Waals surface area contributed by atoms with E-state index in [1.54, 1.807) is 0 Å². The molecule has 0 amide bonds. The molecule has 90 valence electrons. The Morgan fingerprint density at radius 1 is 1.00 bits per heavy atom. The highest BCUT2D eigenvalue weighted by atomic mass is 16.7. The molecular weight excluding hydrogens is 190 g/mol. The average Bonchev–Trinajstić information content (AvgIpc) is 2.25. The molecule has 0 aromatic heterocycles. The summed E-state index contributed by atoms with van der Waals surface area (Å²) in [6, 6.07) is 0. The van der Waals surface area contributed by atoms with Crippen molar-refractivity contribution in [2.75, 3.05) is 6.54 Å². The minimum absolute atomic E-state index is 0.134. The second-order valence-corrected chi connectivity index (χ2v) is 3.84. The second-order valence-electron chi connectivity index (χ2n) is 3.84. The van der Waals surface area contributed by atoms with Gasteiger partial charge in [-0.15, -0.1) is 0 Å². The van der Waals surface area contributed by atoms with Crippen molar-refractivity contribution in [2.45, 2.75) is 65.2 Å². The van der Waals surface area contributed by atoms with Crippen LogP contribution in [0.3, 0.4) is 0 Å². The van der Waals surface area contributed by atoms with Crippen molar-refractivity contribution < 1.29 is 9.63 Å². The largest absolute Gasteiger partial charge is 0.371 e. The molecule has 0 unspecified atom stereocenters. The summed E-state index contributed by atoms with van der Waals surface area (Å²) in [5.41, 5.74) is 2.57. The topological polar surface area (TPSA) is 38.3 Å². The van der Waals surface area contributed by atoms with E-state index in [4.69, 9.17) is 4.84 Å². The summed E-state index contributed by atoms with van der Waals surface area (Å²) >= 11 is 0. The SMILES string of the molecule is CCCCCCCCCC(=O)ONCC. The lowest BCUT2D eigenvalue weighted by Crippen LogP contribution is -2.18. The van der Waals surface area contributed by atoms with E-state index in [2.05, 4.69) is 12.4 Å². The Bertz CT molecular complexity index is 149. The molecule has 0 aliphatic rings. The van der Waals surface area contributed by atoms with Gasteiger partial charge in [-0.3, -0.25) is 4.79 Å². The van der Waals surface area contributed by atoms with Crippen molar-refractivity contribution >= 4 is 5.97 Å². The monoisotopic (exact) mass is 215 g/mol. The minimum Gasteiger partial charge on any atom is -0.371 e. The van der Waals surface area contributed by atoms with E-state index in [1.807, 2.05) is 6.92 Å². The summed E-state index contributed by atoms with van der Waals surface area (Å²) < 4.78 is 0. The Kier molecular flexibility index (Phi) is 11.1.